The van der Waals surface area contributed by atoms with Crippen LogP contribution in [0.25, 0.3) is 27.2 Å². The van der Waals surface area contributed by atoms with E-state index in [-0.39, 0.29) is 11.5 Å². The first-order chi connectivity index (χ1) is 16.1. The number of amides is 1. The number of thioether (sulfide) groups is 1. The molecule has 1 amide bonds. The lowest BCUT2D eigenvalue weighted by molar-refractivity contribution is -0.120. The number of hydrogen-bond donors (Lipinski definition) is 1. The van der Waals surface area contributed by atoms with Gasteiger partial charge in [0.1, 0.15) is 10.6 Å². The second-order valence-electron chi connectivity index (χ2n) is 7.23. The zero-order chi connectivity index (χ0) is 22.8. The molecule has 0 radical (unpaired) electrons. The van der Waals surface area contributed by atoms with Crippen molar-refractivity contribution in [1.82, 2.24) is 14.9 Å². The number of rotatable bonds is 7. The normalized spacial score (nSPS) is 12.2. The second kappa shape index (κ2) is 9.38. The van der Waals surface area contributed by atoms with Crippen LogP contribution in [0.15, 0.2) is 86.0 Å². The molecular weight excluding hydrogens is 474 g/mol. The van der Waals surface area contributed by atoms with Gasteiger partial charge in [0, 0.05) is 15.8 Å². The molecule has 0 fully saturated rings. The quantitative estimate of drug-likeness (QED) is 0.237. The predicted molar refractivity (Wildman–Crippen MR) is 134 cm³/mol. The Morgan fingerprint density at radius 1 is 1.15 bits per heavy atom. The number of carbonyl (C=O) groups is 1. The largest absolute Gasteiger partial charge is 0.464 e. The molecule has 0 spiro atoms. The summed E-state index contributed by atoms with van der Waals surface area (Å²) in [5, 5.41) is 7.39. The molecule has 0 saturated carbocycles. The molecule has 4 heterocycles. The number of hydrogen-bond acceptors (Lipinski definition) is 7. The molecule has 166 valence electrons. The highest BCUT2D eigenvalue weighted by Crippen LogP contribution is 2.34. The SMILES string of the molecule is CC(Sc1nc2scc(-c3ccco3)c2c(=O)n1-c1ccccc1)C(=O)NCc1cccs1. The highest BCUT2D eigenvalue weighted by atomic mass is 32.2. The van der Waals surface area contributed by atoms with E-state index in [1.807, 2.05) is 66.2 Å². The van der Waals surface area contributed by atoms with E-state index in [2.05, 4.69) is 5.32 Å². The van der Waals surface area contributed by atoms with E-state index in [4.69, 9.17) is 9.40 Å². The minimum absolute atomic E-state index is 0.107. The van der Waals surface area contributed by atoms with Crippen LogP contribution < -0.4 is 10.9 Å². The number of thiophene rings is 2. The van der Waals surface area contributed by atoms with Gasteiger partial charge in [-0.15, -0.1) is 22.7 Å². The van der Waals surface area contributed by atoms with Crippen LogP contribution in [-0.2, 0) is 11.3 Å². The Bertz CT molecular complexity index is 1440. The van der Waals surface area contributed by atoms with Crippen LogP contribution in [0.2, 0.25) is 0 Å². The van der Waals surface area contributed by atoms with Crippen LogP contribution in [0.1, 0.15) is 11.8 Å². The van der Waals surface area contributed by atoms with Crippen LogP contribution in [-0.4, -0.2) is 20.7 Å². The summed E-state index contributed by atoms with van der Waals surface area (Å²) < 4.78 is 7.12. The lowest BCUT2D eigenvalue weighted by Crippen LogP contribution is -2.31. The van der Waals surface area contributed by atoms with E-state index in [0.717, 1.165) is 10.4 Å². The Hall–Kier alpha value is -3.14. The molecule has 5 rings (SSSR count). The van der Waals surface area contributed by atoms with Crippen LogP contribution >= 0.6 is 34.4 Å². The van der Waals surface area contributed by atoms with Crippen LogP contribution in [0, 0.1) is 0 Å². The third-order valence-electron chi connectivity index (χ3n) is 5.05. The molecule has 9 heteroatoms. The average Bonchev–Trinajstić information content (AvgIpc) is 3.60. The summed E-state index contributed by atoms with van der Waals surface area (Å²) in [4.78, 5) is 33.0. The second-order valence-corrected chi connectivity index (χ2v) is 10.4. The van der Waals surface area contributed by atoms with Crippen molar-refractivity contribution in [1.29, 1.82) is 0 Å². The van der Waals surface area contributed by atoms with Gasteiger partial charge in [0.05, 0.1) is 29.1 Å². The molecule has 0 aliphatic carbocycles. The van der Waals surface area contributed by atoms with Gasteiger partial charge in [-0.05, 0) is 42.6 Å². The van der Waals surface area contributed by atoms with E-state index >= 15 is 0 Å². The maximum atomic E-state index is 13.7. The molecule has 1 atom stereocenters. The fraction of sp³-hybridized carbons (Fsp3) is 0.125. The third kappa shape index (κ3) is 4.39. The number of carbonyl (C=O) groups excluding carboxylic acids is 1. The summed E-state index contributed by atoms with van der Waals surface area (Å²) in [6.45, 7) is 2.31. The van der Waals surface area contributed by atoms with Crippen LogP contribution in [0.4, 0.5) is 0 Å². The van der Waals surface area contributed by atoms with Crippen LogP contribution in [0.5, 0.6) is 0 Å². The zero-order valence-electron chi connectivity index (χ0n) is 17.6. The standard InChI is InChI=1S/C24H19N3O3S3/c1-15(21(28)25-13-17-9-6-12-31-17)33-24-26-22-20(18(14-32-22)19-10-5-11-30-19)23(29)27(24)16-7-3-2-4-8-16/h2-12,14-15H,13H2,1H3,(H,25,28). The predicted octanol–water partition coefficient (Wildman–Crippen LogP) is 5.57. The number of para-hydroxylation sites is 1. The first kappa shape index (κ1) is 21.7. The smallest absolute Gasteiger partial charge is 0.268 e. The number of furan rings is 1. The van der Waals surface area contributed by atoms with Gasteiger partial charge in [-0.2, -0.15) is 0 Å². The lowest BCUT2D eigenvalue weighted by Gasteiger charge is -2.16. The molecule has 1 N–H and O–H groups in total. The van der Waals surface area contributed by atoms with E-state index < -0.39 is 5.25 Å². The van der Waals surface area contributed by atoms with Gasteiger partial charge < -0.3 is 9.73 Å². The molecule has 0 bridgehead atoms. The van der Waals surface area contributed by atoms with Gasteiger partial charge in [0.2, 0.25) is 5.91 Å². The van der Waals surface area contributed by atoms with Crippen molar-refractivity contribution in [2.45, 2.75) is 23.9 Å². The molecule has 4 aromatic heterocycles. The van der Waals surface area contributed by atoms with Crippen molar-refractivity contribution in [3.05, 3.63) is 86.9 Å². The van der Waals surface area contributed by atoms with E-state index in [1.54, 1.807) is 28.2 Å². The summed E-state index contributed by atoms with van der Waals surface area (Å²) >= 11 is 4.26. The summed E-state index contributed by atoms with van der Waals surface area (Å²) in [6.07, 6.45) is 1.59. The minimum atomic E-state index is -0.436. The molecule has 0 aliphatic heterocycles. The van der Waals surface area contributed by atoms with Gasteiger partial charge >= 0.3 is 0 Å². The number of nitrogens with one attached hydrogen (secondary N) is 1. The summed E-state index contributed by atoms with van der Waals surface area (Å²) in [6, 6.07) is 16.9. The van der Waals surface area contributed by atoms with E-state index in [9.17, 15) is 9.59 Å². The van der Waals surface area contributed by atoms with Gasteiger partial charge in [0.25, 0.3) is 5.56 Å². The van der Waals surface area contributed by atoms with Crippen molar-refractivity contribution in [2.24, 2.45) is 0 Å². The topological polar surface area (TPSA) is 77.1 Å². The van der Waals surface area contributed by atoms with Crippen molar-refractivity contribution in [2.75, 3.05) is 0 Å². The number of fused-ring (bicyclic) bond motifs is 1. The maximum Gasteiger partial charge on any atom is 0.268 e. The molecule has 1 aromatic carbocycles. The van der Waals surface area contributed by atoms with Crippen LogP contribution in [0.3, 0.4) is 0 Å². The molecule has 6 nitrogen and oxygen atoms in total. The van der Waals surface area contributed by atoms with Crippen molar-refractivity contribution < 1.29 is 9.21 Å². The Balaban J connectivity index is 1.54. The van der Waals surface area contributed by atoms with Gasteiger partial charge in [-0.1, -0.05) is 36.0 Å². The first-order valence-electron chi connectivity index (χ1n) is 10.2. The number of nitrogens with zero attached hydrogens (tertiary/aromatic N) is 2. The summed E-state index contributed by atoms with van der Waals surface area (Å²) in [5.74, 6) is 0.520. The molecular formula is C24H19N3O3S3. The minimum Gasteiger partial charge on any atom is -0.464 e. The Morgan fingerprint density at radius 2 is 2.00 bits per heavy atom. The first-order valence-corrected chi connectivity index (χ1v) is 12.9. The molecule has 1 unspecified atom stereocenters. The number of benzene rings is 1. The van der Waals surface area contributed by atoms with Gasteiger partial charge in [0.15, 0.2) is 5.16 Å². The van der Waals surface area contributed by atoms with Crippen molar-refractivity contribution >= 4 is 50.6 Å². The van der Waals surface area contributed by atoms with Gasteiger partial charge in [-0.3, -0.25) is 14.2 Å². The Kier molecular flexibility index (Phi) is 6.17. The number of aromatic nitrogens is 2. The van der Waals surface area contributed by atoms with Crippen molar-refractivity contribution in [3.8, 4) is 17.0 Å². The highest BCUT2D eigenvalue weighted by Gasteiger charge is 2.23. The summed E-state index contributed by atoms with van der Waals surface area (Å²) in [5.41, 5.74) is 1.23. The lowest BCUT2D eigenvalue weighted by atomic mass is 10.2. The average molecular weight is 494 g/mol. The monoisotopic (exact) mass is 493 g/mol. The fourth-order valence-corrected chi connectivity index (χ4v) is 5.98. The maximum absolute atomic E-state index is 13.7. The van der Waals surface area contributed by atoms with E-state index in [0.29, 0.717) is 33.4 Å². The van der Waals surface area contributed by atoms with Gasteiger partial charge in [-0.25, -0.2) is 4.98 Å². The Labute approximate surface area is 201 Å². The highest BCUT2D eigenvalue weighted by molar-refractivity contribution is 8.00. The molecule has 5 aromatic rings. The molecule has 0 saturated heterocycles. The fourth-order valence-electron chi connectivity index (χ4n) is 3.41. The third-order valence-corrected chi connectivity index (χ3v) is 7.85. The molecule has 33 heavy (non-hydrogen) atoms. The van der Waals surface area contributed by atoms with E-state index in [1.165, 1.54) is 23.1 Å². The molecule has 0 aliphatic rings. The van der Waals surface area contributed by atoms with Crippen molar-refractivity contribution in [3.63, 3.8) is 0 Å². The summed E-state index contributed by atoms with van der Waals surface area (Å²) in [7, 11) is 0. The zero-order valence-corrected chi connectivity index (χ0v) is 20.0. The Morgan fingerprint density at radius 3 is 2.73 bits per heavy atom.